The molecule has 0 radical (unpaired) electrons. The molecule has 3 heteroatoms. The summed E-state index contributed by atoms with van der Waals surface area (Å²) in [5.41, 5.74) is 7.67. The predicted octanol–water partition coefficient (Wildman–Crippen LogP) is 3.05. The van der Waals surface area contributed by atoms with Gasteiger partial charge in [-0.25, -0.2) is 0 Å². The van der Waals surface area contributed by atoms with Crippen molar-refractivity contribution in [3.63, 3.8) is 0 Å². The molecule has 0 saturated carbocycles. The average molecular weight is 223 g/mol. The number of aryl methyl sites for hydroxylation is 1. The molecular formula is C12H17NOS. The summed E-state index contributed by atoms with van der Waals surface area (Å²) in [6.45, 7) is 5.86. The standard InChI is InChI=1S/C12H17NOS/c1-12(2,3)10(14)9-7-5-4-6-8(7)15-11(9)13/h4-6,13H2,1-3H3. The molecule has 2 nitrogen and oxygen atoms in total. The molecule has 2 rings (SSSR count). The molecule has 2 N–H and O–H groups in total. The normalized spacial score (nSPS) is 15.4. The smallest absolute Gasteiger partial charge is 0.171 e. The second-order valence-corrected chi connectivity index (χ2v) is 6.31. The van der Waals surface area contributed by atoms with E-state index in [0.29, 0.717) is 0 Å². The molecule has 1 heterocycles. The van der Waals surface area contributed by atoms with Gasteiger partial charge in [-0.1, -0.05) is 20.8 Å². The number of carbonyl (C=O) groups excluding carboxylic acids is 1. The van der Waals surface area contributed by atoms with Crippen molar-refractivity contribution in [3.05, 3.63) is 16.0 Å². The Balaban J connectivity index is 2.49. The van der Waals surface area contributed by atoms with Crippen molar-refractivity contribution in [2.24, 2.45) is 5.41 Å². The first-order valence-corrected chi connectivity index (χ1v) is 6.17. The van der Waals surface area contributed by atoms with Gasteiger partial charge in [0, 0.05) is 10.3 Å². The number of anilines is 1. The van der Waals surface area contributed by atoms with Gasteiger partial charge in [-0.2, -0.15) is 0 Å². The van der Waals surface area contributed by atoms with Crippen LogP contribution in [-0.4, -0.2) is 5.78 Å². The van der Waals surface area contributed by atoms with E-state index in [2.05, 4.69) is 0 Å². The molecule has 15 heavy (non-hydrogen) atoms. The third-order valence-corrected chi connectivity index (χ3v) is 3.98. The molecule has 0 amide bonds. The number of nitrogens with two attached hydrogens (primary N) is 1. The number of hydrogen-bond acceptors (Lipinski definition) is 3. The zero-order valence-corrected chi connectivity index (χ0v) is 10.3. The van der Waals surface area contributed by atoms with Crippen LogP contribution in [-0.2, 0) is 12.8 Å². The minimum atomic E-state index is -0.328. The zero-order valence-electron chi connectivity index (χ0n) is 9.52. The van der Waals surface area contributed by atoms with Crippen LogP contribution in [0.2, 0.25) is 0 Å². The number of Topliss-reactive ketones (excluding diaryl/α,β-unsaturated/α-hetero) is 1. The number of nitrogen functional groups attached to an aromatic ring is 1. The molecule has 1 aromatic rings. The van der Waals surface area contributed by atoms with E-state index < -0.39 is 0 Å². The highest BCUT2D eigenvalue weighted by Crippen LogP contribution is 2.40. The summed E-state index contributed by atoms with van der Waals surface area (Å²) in [5.74, 6) is 0.194. The summed E-state index contributed by atoms with van der Waals surface area (Å²) in [5, 5.41) is 0.722. The van der Waals surface area contributed by atoms with E-state index >= 15 is 0 Å². The van der Waals surface area contributed by atoms with Crippen LogP contribution < -0.4 is 5.73 Å². The van der Waals surface area contributed by atoms with Gasteiger partial charge in [-0.15, -0.1) is 11.3 Å². The largest absolute Gasteiger partial charge is 0.390 e. The molecule has 0 unspecified atom stereocenters. The maximum Gasteiger partial charge on any atom is 0.171 e. The first-order chi connectivity index (χ1) is 6.91. The number of fused-ring (bicyclic) bond motifs is 1. The van der Waals surface area contributed by atoms with Crippen LogP contribution >= 0.6 is 11.3 Å². The van der Waals surface area contributed by atoms with Crippen molar-refractivity contribution in [2.75, 3.05) is 5.73 Å². The van der Waals surface area contributed by atoms with Gasteiger partial charge in [0.1, 0.15) is 0 Å². The second-order valence-electron chi connectivity index (χ2n) is 5.18. The summed E-state index contributed by atoms with van der Waals surface area (Å²) >= 11 is 1.60. The fraction of sp³-hybridized carbons (Fsp3) is 0.583. The fourth-order valence-electron chi connectivity index (χ4n) is 2.05. The minimum absolute atomic E-state index is 0.194. The Hall–Kier alpha value is -0.830. The molecule has 1 aromatic heterocycles. The number of rotatable bonds is 1. The zero-order chi connectivity index (χ0) is 11.2. The summed E-state index contributed by atoms with van der Waals surface area (Å²) in [4.78, 5) is 13.6. The summed E-state index contributed by atoms with van der Waals surface area (Å²) < 4.78 is 0. The summed E-state index contributed by atoms with van der Waals surface area (Å²) in [6, 6.07) is 0. The molecule has 0 atom stereocenters. The van der Waals surface area contributed by atoms with Crippen molar-refractivity contribution in [3.8, 4) is 0 Å². The predicted molar refractivity (Wildman–Crippen MR) is 64.5 cm³/mol. The van der Waals surface area contributed by atoms with E-state index in [1.807, 2.05) is 20.8 Å². The fourth-order valence-corrected chi connectivity index (χ4v) is 3.21. The summed E-state index contributed by atoms with van der Waals surface area (Å²) in [6.07, 6.45) is 3.30. The minimum Gasteiger partial charge on any atom is -0.390 e. The van der Waals surface area contributed by atoms with Crippen LogP contribution in [0.25, 0.3) is 0 Å². The molecule has 1 aliphatic carbocycles. The van der Waals surface area contributed by atoms with E-state index in [-0.39, 0.29) is 11.2 Å². The highest BCUT2D eigenvalue weighted by Gasteiger charge is 2.31. The van der Waals surface area contributed by atoms with Crippen LogP contribution in [0.4, 0.5) is 5.00 Å². The topological polar surface area (TPSA) is 43.1 Å². The monoisotopic (exact) mass is 223 g/mol. The van der Waals surface area contributed by atoms with Crippen LogP contribution in [0.3, 0.4) is 0 Å². The molecule has 0 aliphatic heterocycles. The Morgan fingerprint density at radius 3 is 2.60 bits per heavy atom. The number of carbonyl (C=O) groups is 1. The van der Waals surface area contributed by atoms with E-state index in [1.165, 1.54) is 16.9 Å². The van der Waals surface area contributed by atoms with E-state index in [1.54, 1.807) is 11.3 Å². The van der Waals surface area contributed by atoms with Crippen molar-refractivity contribution >= 4 is 22.1 Å². The van der Waals surface area contributed by atoms with Crippen LogP contribution in [0, 0.1) is 5.41 Å². The van der Waals surface area contributed by atoms with E-state index in [4.69, 9.17) is 5.73 Å². The molecule has 0 aromatic carbocycles. The molecule has 0 saturated heterocycles. The van der Waals surface area contributed by atoms with E-state index in [0.717, 1.165) is 23.4 Å². The van der Waals surface area contributed by atoms with Crippen LogP contribution in [0.5, 0.6) is 0 Å². The summed E-state index contributed by atoms with van der Waals surface area (Å²) in [7, 11) is 0. The van der Waals surface area contributed by atoms with Gasteiger partial charge in [-0.3, -0.25) is 4.79 Å². The number of hydrogen-bond donors (Lipinski definition) is 1. The van der Waals surface area contributed by atoms with Crippen LogP contribution in [0.15, 0.2) is 0 Å². The van der Waals surface area contributed by atoms with Crippen LogP contribution in [0.1, 0.15) is 48.0 Å². The third kappa shape index (κ3) is 1.69. The lowest BCUT2D eigenvalue weighted by Gasteiger charge is -2.17. The molecule has 0 fully saturated rings. The Bertz CT molecular complexity index is 412. The van der Waals surface area contributed by atoms with Gasteiger partial charge in [0.25, 0.3) is 0 Å². The van der Waals surface area contributed by atoms with Gasteiger partial charge < -0.3 is 5.73 Å². The Morgan fingerprint density at radius 1 is 1.33 bits per heavy atom. The van der Waals surface area contributed by atoms with Crippen molar-refractivity contribution in [1.29, 1.82) is 0 Å². The lowest BCUT2D eigenvalue weighted by molar-refractivity contribution is 0.0859. The van der Waals surface area contributed by atoms with Gasteiger partial charge in [0.2, 0.25) is 0 Å². The molecule has 0 spiro atoms. The third-order valence-electron chi connectivity index (χ3n) is 2.86. The van der Waals surface area contributed by atoms with Gasteiger partial charge in [0.15, 0.2) is 5.78 Å². The quantitative estimate of drug-likeness (QED) is 0.744. The number of ketones is 1. The second kappa shape index (κ2) is 3.34. The highest BCUT2D eigenvalue weighted by atomic mass is 32.1. The number of thiophene rings is 1. The Morgan fingerprint density at radius 2 is 2.00 bits per heavy atom. The molecule has 0 bridgehead atoms. The van der Waals surface area contributed by atoms with Gasteiger partial charge >= 0.3 is 0 Å². The molecule has 82 valence electrons. The Kier molecular flexibility index (Phi) is 2.38. The van der Waals surface area contributed by atoms with Crippen molar-refractivity contribution < 1.29 is 4.79 Å². The first-order valence-electron chi connectivity index (χ1n) is 5.36. The van der Waals surface area contributed by atoms with Crippen molar-refractivity contribution in [1.82, 2.24) is 0 Å². The van der Waals surface area contributed by atoms with Gasteiger partial charge in [0.05, 0.1) is 10.6 Å². The highest BCUT2D eigenvalue weighted by molar-refractivity contribution is 7.16. The maximum absolute atomic E-state index is 12.2. The SMILES string of the molecule is CC(C)(C)C(=O)c1c(N)sc2c1CCC2. The van der Waals surface area contributed by atoms with Crippen molar-refractivity contribution in [2.45, 2.75) is 40.0 Å². The molecule has 1 aliphatic rings. The van der Waals surface area contributed by atoms with Gasteiger partial charge in [-0.05, 0) is 24.8 Å². The maximum atomic E-state index is 12.2. The average Bonchev–Trinajstić information content (AvgIpc) is 2.60. The van der Waals surface area contributed by atoms with E-state index in [9.17, 15) is 4.79 Å². The Labute approximate surface area is 94.5 Å². The molecular weight excluding hydrogens is 206 g/mol. The lowest BCUT2D eigenvalue weighted by Crippen LogP contribution is -2.21. The lowest BCUT2D eigenvalue weighted by atomic mass is 9.85. The first kappa shape index (κ1) is 10.7.